The van der Waals surface area contributed by atoms with Crippen molar-refractivity contribution < 1.29 is 10.0 Å². The van der Waals surface area contributed by atoms with Gasteiger partial charge in [0.15, 0.2) is 0 Å². The third-order valence-electron chi connectivity index (χ3n) is 2.49. The Labute approximate surface area is 107 Å². The summed E-state index contributed by atoms with van der Waals surface area (Å²) in [4.78, 5) is 14.2. The van der Waals surface area contributed by atoms with Gasteiger partial charge in [0.2, 0.25) is 0 Å². The summed E-state index contributed by atoms with van der Waals surface area (Å²) >= 11 is 3.28. The van der Waals surface area contributed by atoms with Crippen molar-refractivity contribution >= 4 is 27.4 Å². The summed E-state index contributed by atoms with van der Waals surface area (Å²) in [5.74, 6) is 0.508. The molecule has 0 amide bonds. The molecule has 0 saturated carbocycles. The predicted molar refractivity (Wildman–Crippen MR) is 68.1 cm³/mol. The van der Waals surface area contributed by atoms with Gasteiger partial charge >= 0.3 is 0 Å². The molecule has 6 nitrogen and oxygen atoms in total. The molecule has 1 aromatic heterocycles. The average molecular weight is 304 g/mol. The van der Waals surface area contributed by atoms with Crippen LogP contribution in [-0.4, -0.2) is 27.7 Å². The van der Waals surface area contributed by atoms with Crippen molar-refractivity contribution in [1.29, 1.82) is 0 Å². The second-order valence-electron chi connectivity index (χ2n) is 3.62. The number of aromatic nitrogens is 1. The molecule has 94 valence electrons. The smallest absolute Gasteiger partial charge is 0.291 e. The standard InChI is InChI=1S/C10H14BrN3O3/c1-3-7(5-15)13-10-9(11)6(2)8(4-12-10)14(16)17/h4,7,15H,3,5H2,1-2H3,(H,12,13). The number of anilines is 1. The van der Waals surface area contributed by atoms with E-state index >= 15 is 0 Å². The van der Waals surface area contributed by atoms with Crippen molar-refractivity contribution in [3.8, 4) is 0 Å². The van der Waals surface area contributed by atoms with Crippen LogP contribution in [0, 0.1) is 17.0 Å². The van der Waals surface area contributed by atoms with Gasteiger partial charge in [-0.15, -0.1) is 0 Å². The lowest BCUT2D eigenvalue weighted by molar-refractivity contribution is -0.385. The molecule has 0 saturated heterocycles. The first-order chi connectivity index (χ1) is 8.01. The van der Waals surface area contributed by atoms with Gasteiger partial charge in [-0.1, -0.05) is 6.92 Å². The predicted octanol–water partition coefficient (Wildman–Crippen LogP) is 2.24. The van der Waals surface area contributed by atoms with Gasteiger partial charge in [-0.2, -0.15) is 0 Å². The number of nitro groups is 1. The summed E-state index contributed by atoms with van der Waals surface area (Å²) in [7, 11) is 0. The zero-order chi connectivity index (χ0) is 13.0. The van der Waals surface area contributed by atoms with Crippen LogP contribution in [0.15, 0.2) is 10.7 Å². The fraction of sp³-hybridized carbons (Fsp3) is 0.500. The molecule has 0 aliphatic rings. The highest BCUT2D eigenvalue weighted by Gasteiger charge is 2.18. The zero-order valence-corrected chi connectivity index (χ0v) is 11.2. The average Bonchev–Trinajstić information content (AvgIpc) is 2.30. The molecule has 7 heteroatoms. The lowest BCUT2D eigenvalue weighted by atomic mass is 10.2. The highest BCUT2D eigenvalue weighted by molar-refractivity contribution is 9.10. The number of hydrogen-bond donors (Lipinski definition) is 2. The van der Waals surface area contributed by atoms with E-state index in [2.05, 4.69) is 26.2 Å². The second-order valence-corrected chi connectivity index (χ2v) is 4.41. The van der Waals surface area contributed by atoms with E-state index in [-0.39, 0.29) is 18.3 Å². The van der Waals surface area contributed by atoms with E-state index in [4.69, 9.17) is 5.11 Å². The van der Waals surface area contributed by atoms with Crippen LogP contribution in [-0.2, 0) is 0 Å². The topological polar surface area (TPSA) is 88.3 Å². The maximum Gasteiger partial charge on any atom is 0.291 e. The quantitative estimate of drug-likeness (QED) is 0.643. The molecule has 0 spiro atoms. The largest absolute Gasteiger partial charge is 0.394 e. The van der Waals surface area contributed by atoms with Crippen molar-refractivity contribution in [1.82, 2.24) is 4.98 Å². The molecule has 1 unspecified atom stereocenters. The number of rotatable bonds is 5. The van der Waals surface area contributed by atoms with Crippen LogP contribution in [0.3, 0.4) is 0 Å². The molecule has 0 fully saturated rings. The Hall–Kier alpha value is -1.21. The Morgan fingerprint density at radius 1 is 1.71 bits per heavy atom. The van der Waals surface area contributed by atoms with Crippen LogP contribution >= 0.6 is 15.9 Å². The van der Waals surface area contributed by atoms with E-state index in [1.54, 1.807) is 6.92 Å². The third-order valence-corrected chi connectivity index (χ3v) is 3.46. The number of nitrogens with zero attached hydrogens (tertiary/aromatic N) is 2. The first kappa shape index (κ1) is 13.9. The summed E-state index contributed by atoms with van der Waals surface area (Å²) < 4.78 is 0.554. The molecule has 1 heterocycles. The number of hydrogen-bond acceptors (Lipinski definition) is 5. The first-order valence-corrected chi connectivity index (χ1v) is 5.97. The number of halogens is 1. The van der Waals surface area contributed by atoms with E-state index in [1.807, 2.05) is 6.92 Å². The van der Waals surface area contributed by atoms with Gasteiger partial charge in [0.25, 0.3) is 5.69 Å². The van der Waals surface area contributed by atoms with Crippen LogP contribution < -0.4 is 5.32 Å². The molecular formula is C10H14BrN3O3. The van der Waals surface area contributed by atoms with Gasteiger partial charge in [0, 0.05) is 5.56 Å². The number of aliphatic hydroxyl groups is 1. The minimum absolute atomic E-state index is 0.0132. The summed E-state index contributed by atoms with van der Waals surface area (Å²) in [6.45, 7) is 3.57. The lowest BCUT2D eigenvalue weighted by Crippen LogP contribution is -2.23. The normalized spacial score (nSPS) is 12.2. The van der Waals surface area contributed by atoms with E-state index < -0.39 is 4.92 Å². The van der Waals surface area contributed by atoms with Crippen LogP contribution in [0.25, 0.3) is 0 Å². The summed E-state index contributed by atoms with van der Waals surface area (Å²) in [5, 5.41) is 22.8. The number of aliphatic hydroxyl groups excluding tert-OH is 1. The van der Waals surface area contributed by atoms with Crippen molar-refractivity contribution in [2.45, 2.75) is 26.3 Å². The van der Waals surface area contributed by atoms with Crippen LogP contribution in [0.2, 0.25) is 0 Å². The molecule has 0 aliphatic carbocycles. The molecule has 1 rings (SSSR count). The van der Waals surface area contributed by atoms with E-state index in [0.717, 1.165) is 6.42 Å². The van der Waals surface area contributed by atoms with Crippen LogP contribution in [0.1, 0.15) is 18.9 Å². The van der Waals surface area contributed by atoms with Gasteiger partial charge in [-0.25, -0.2) is 4.98 Å². The highest BCUT2D eigenvalue weighted by Crippen LogP contribution is 2.30. The SMILES string of the molecule is CCC(CO)Nc1ncc([N+](=O)[O-])c(C)c1Br. The molecule has 1 aromatic rings. The van der Waals surface area contributed by atoms with Gasteiger partial charge in [0.1, 0.15) is 12.0 Å². The summed E-state index contributed by atoms with van der Waals surface area (Å²) in [5.41, 5.74) is 0.486. The fourth-order valence-electron chi connectivity index (χ4n) is 1.32. The minimum Gasteiger partial charge on any atom is -0.394 e. The minimum atomic E-state index is -0.472. The van der Waals surface area contributed by atoms with Gasteiger partial charge < -0.3 is 10.4 Å². The second kappa shape index (κ2) is 5.92. The monoisotopic (exact) mass is 303 g/mol. The molecule has 17 heavy (non-hydrogen) atoms. The van der Waals surface area contributed by atoms with E-state index in [9.17, 15) is 10.1 Å². The van der Waals surface area contributed by atoms with Gasteiger partial charge in [-0.05, 0) is 29.3 Å². The van der Waals surface area contributed by atoms with Crippen molar-refractivity contribution in [2.24, 2.45) is 0 Å². The Balaban J connectivity index is 3.04. The molecule has 0 bridgehead atoms. The zero-order valence-electron chi connectivity index (χ0n) is 9.61. The number of pyridine rings is 1. The van der Waals surface area contributed by atoms with Crippen LogP contribution in [0.4, 0.5) is 11.5 Å². The molecule has 0 aliphatic heterocycles. The Morgan fingerprint density at radius 2 is 2.35 bits per heavy atom. The first-order valence-electron chi connectivity index (χ1n) is 5.18. The molecule has 2 N–H and O–H groups in total. The van der Waals surface area contributed by atoms with Crippen molar-refractivity contribution in [2.75, 3.05) is 11.9 Å². The van der Waals surface area contributed by atoms with E-state index in [1.165, 1.54) is 6.20 Å². The lowest BCUT2D eigenvalue weighted by Gasteiger charge is -2.16. The van der Waals surface area contributed by atoms with Crippen molar-refractivity contribution in [3.63, 3.8) is 0 Å². The van der Waals surface area contributed by atoms with Crippen molar-refractivity contribution in [3.05, 3.63) is 26.3 Å². The Morgan fingerprint density at radius 3 is 2.82 bits per heavy atom. The molecule has 0 aromatic carbocycles. The maximum atomic E-state index is 10.7. The molecule has 1 atom stereocenters. The maximum absolute atomic E-state index is 10.7. The highest BCUT2D eigenvalue weighted by atomic mass is 79.9. The molecule has 0 radical (unpaired) electrons. The van der Waals surface area contributed by atoms with Crippen LogP contribution in [0.5, 0.6) is 0 Å². The summed E-state index contributed by atoms with van der Waals surface area (Å²) in [6.07, 6.45) is 1.95. The van der Waals surface area contributed by atoms with Gasteiger partial charge in [0.05, 0.1) is 22.0 Å². The summed E-state index contributed by atoms with van der Waals surface area (Å²) in [6, 6.07) is -0.111. The fourth-order valence-corrected chi connectivity index (χ4v) is 1.74. The molecular weight excluding hydrogens is 290 g/mol. The number of nitrogens with one attached hydrogen (secondary N) is 1. The Kier molecular flexibility index (Phi) is 4.83. The van der Waals surface area contributed by atoms with E-state index in [0.29, 0.717) is 15.9 Å². The van der Waals surface area contributed by atoms with Gasteiger partial charge in [-0.3, -0.25) is 10.1 Å². The Bertz CT molecular complexity index is 422. The third kappa shape index (κ3) is 3.13.